The van der Waals surface area contributed by atoms with Gasteiger partial charge in [0, 0.05) is 17.9 Å². The van der Waals surface area contributed by atoms with E-state index in [0.717, 1.165) is 49.2 Å². The van der Waals surface area contributed by atoms with Gasteiger partial charge in [0.1, 0.15) is 17.2 Å². The van der Waals surface area contributed by atoms with Crippen molar-refractivity contribution in [2.24, 2.45) is 0 Å². The molecule has 0 saturated heterocycles. The second-order valence-corrected chi connectivity index (χ2v) is 6.86. The van der Waals surface area contributed by atoms with E-state index in [4.69, 9.17) is 0 Å². The molecular formula is C20H26N4O. The molecule has 0 aromatic carbocycles. The third-order valence-electron chi connectivity index (χ3n) is 5.00. The molecule has 132 valence electrons. The molecule has 1 aliphatic carbocycles. The SMILES string of the molecule is CCCn1c(C)cc(/C=C(/C#N)C(=O)NC2(C#N)CCCCC2)c1C. The van der Waals surface area contributed by atoms with Crippen molar-refractivity contribution in [3.05, 3.63) is 28.6 Å². The van der Waals surface area contributed by atoms with Crippen molar-refractivity contribution in [1.29, 1.82) is 10.5 Å². The number of rotatable bonds is 5. The monoisotopic (exact) mass is 338 g/mol. The smallest absolute Gasteiger partial charge is 0.263 e. The predicted octanol–water partition coefficient (Wildman–Crippen LogP) is 3.76. The van der Waals surface area contributed by atoms with Crippen molar-refractivity contribution in [1.82, 2.24) is 9.88 Å². The summed E-state index contributed by atoms with van der Waals surface area (Å²) in [5.74, 6) is -0.453. The molecule has 0 radical (unpaired) electrons. The van der Waals surface area contributed by atoms with Gasteiger partial charge in [0.25, 0.3) is 5.91 Å². The van der Waals surface area contributed by atoms with Crippen LogP contribution in [0, 0.1) is 36.5 Å². The largest absolute Gasteiger partial charge is 0.349 e. The minimum Gasteiger partial charge on any atom is -0.349 e. The van der Waals surface area contributed by atoms with Crippen LogP contribution >= 0.6 is 0 Å². The molecule has 0 spiro atoms. The summed E-state index contributed by atoms with van der Waals surface area (Å²) >= 11 is 0. The quantitative estimate of drug-likeness (QED) is 0.655. The Bertz CT molecular complexity index is 752. The van der Waals surface area contributed by atoms with Gasteiger partial charge in [-0.1, -0.05) is 26.2 Å². The van der Waals surface area contributed by atoms with E-state index in [1.165, 1.54) is 0 Å². The molecule has 2 rings (SSSR count). The van der Waals surface area contributed by atoms with Crippen molar-refractivity contribution in [3.8, 4) is 12.1 Å². The van der Waals surface area contributed by atoms with Crippen LogP contribution in [0.25, 0.3) is 6.08 Å². The predicted molar refractivity (Wildman–Crippen MR) is 97.4 cm³/mol. The number of amides is 1. The summed E-state index contributed by atoms with van der Waals surface area (Å²) in [6.07, 6.45) is 6.91. The van der Waals surface area contributed by atoms with Gasteiger partial charge < -0.3 is 9.88 Å². The number of nitriles is 2. The lowest BCUT2D eigenvalue weighted by molar-refractivity contribution is -0.118. The van der Waals surface area contributed by atoms with E-state index >= 15 is 0 Å². The van der Waals surface area contributed by atoms with Crippen LogP contribution in [0.4, 0.5) is 0 Å². The van der Waals surface area contributed by atoms with Gasteiger partial charge in [-0.25, -0.2) is 0 Å². The lowest BCUT2D eigenvalue weighted by Gasteiger charge is -2.31. The van der Waals surface area contributed by atoms with Crippen molar-refractivity contribution in [3.63, 3.8) is 0 Å². The fourth-order valence-electron chi connectivity index (χ4n) is 3.55. The summed E-state index contributed by atoms with van der Waals surface area (Å²) in [5.41, 5.74) is 2.27. The molecule has 1 aromatic rings. The molecule has 1 saturated carbocycles. The Kier molecular flexibility index (Phi) is 6.04. The Balaban J connectivity index is 2.26. The highest BCUT2D eigenvalue weighted by Gasteiger charge is 2.34. The maximum absolute atomic E-state index is 12.6. The number of hydrogen-bond donors (Lipinski definition) is 1. The van der Waals surface area contributed by atoms with E-state index in [2.05, 4.69) is 22.9 Å². The van der Waals surface area contributed by atoms with Crippen LogP contribution < -0.4 is 5.32 Å². The van der Waals surface area contributed by atoms with Gasteiger partial charge in [0.05, 0.1) is 6.07 Å². The highest BCUT2D eigenvalue weighted by molar-refractivity contribution is 6.02. The summed E-state index contributed by atoms with van der Waals surface area (Å²) in [6, 6.07) is 6.26. The minimum atomic E-state index is -0.829. The number of carbonyl (C=O) groups excluding carboxylic acids is 1. The summed E-state index contributed by atoms with van der Waals surface area (Å²) in [6.45, 7) is 7.06. The lowest BCUT2D eigenvalue weighted by Crippen LogP contribution is -2.49. The summed E-state index contributed by atoms with van der Waals surface area (Å²) in [4.78, 5) is 12.6. The Morgan fingerprint density at radius 3 is 2.56 bits per heavy atom. The van der Waals surface area contributed by atoms with Crippen LogP contribution in [0.15, 0.2) is 11.6 Å². The molecule has 1 fully saturated rings. The summed E-state index contributed by atoms with van der Waals surface area (Å²) in [7, 11) is 0. The van der Waals surface area contributed by atoms with Gasteiger partial charge >= 0.3 is 0 Å². The van der Waals surface area contributed by atoms with Gasteiger partial charge in [-0.2, -0.15) is 10.5 Å². The molecule has 5 nitrogen and oxygen atoms in total. The van der Waals surface area contributed by atoms with Gasteiger partial charge in [-0.15, -0.1) is 0 Å². The fourth-order valence-corrected chi connectivity index (χ4v) is 3.55. The molecule has 0 aliphatic heterocycles. The Hall–Kier alpha value is -2.53. The number of carbonyl (C=O) groups is 1. The van der Waals surface area contributed by atoms with Crippen molar-refractivity contribution >= 4 is 12.0 Å². The first-order chi connectivity index (χ1) is 12.0. The van der Waals surface area contributed by atoms with Gasteiger partial charge in [0.2, 0.25) is 0 Å². The van der Waals surface area contributed by atoms with E-state index in [1.807, 2.05) is 26.0 Å². The second-order valence-electron chi connectivity index (χ2n) is 6.86. The molecule has 0 unspecified atom stereocenters. The van der Waals surface area contributed by atoms with Crippen LogP contribution in [-0.2, 0) is 11.3 Å². The van der Waals surface area contributed by atoms with Gasteiger partial charge in [0.15, 0.2) is 0 Å². The maximum Gasteiger partial charge on any atom is 0.263 e. The number of aromatic nitrogens is 1. The number of hydrogen-bond acceptors (Lipinski definition) is 3. The zero-order chi connectivity index (χ0) is 18.4. The molecule has 5 heteroatoms. The van der Waals surface area contributed by atoms with Crippen molar-refractivity contribution in [2.75, 3.05) is 0 Å². The molecule has 1 amide bonds. The normalized spacial score (nSPS) is 16.8. The average Bonchev–Trinajstić information content (AvgIpc) is 2.88. The molecule has 0 bridgehead atoms. The first kappa shape index (κ1) is 18.8. The highest BCUT2D eigenvalue weighted by Crippen LogP contribution is 2.28. The van der Waals surface area contributed by atoms with Crippen LogP contribution in [-0.4, -0.2) is 16.0 Å². The Morgan fingerprint density at radius 2 is 2.00 bits per heavy atom. The minimum absolute atomic E-state index is 0.0527. The molecule has 0 atom stereocenters. The lowest BCUT2D eigenvalue weighted by atomic mass is 9.82. The first-order valence-electron chi connectivity index (χ1n) is 8.98. The molecule has 25 heavy (non-hydrogen) atoms. The van der Waals surface area contributed by atoms with Crippen LogP contribution in [0.2, 0.25) is 0 Å². The van der Waals surface area contributed by atoms with E-state index in [9.17, 15) is 15.3 Å². The van der Waals surface area contributed by atoms with E-state index in [-0.39, 0.29) is 5.57 Å². The molecule has 1 aromatic heterocycles. The van der Waals surface area contributed by atoms with E-state index in [1.54, 1.807) is 6.08 Å². The zero-order valence-electron chi connectivity index (χ0n) is 15.4. The maximum atomic E-state index is 12.6. The summed E-state index contributed by atoms with van der Waals surface area (Å²) < 4.78 is 2.19. The Labute approximate surface area is 149 Å². The fraction of sp³-hybridized carbons (Fsp3) is 0.550. The van der Waals surface area contributed by atoms with Gasteiger partial charge in [-0.05, 0) is 50.8 Å². The Morgan fingerprint density at radius 1 is 1.32 bits per heavy atom. The molecule has 1 N–H and O–H groups in total. The highest BCUT2D eigenvalue weighted by atomic mass is 16.1. The van der Waals surface area contributed by atoms with E-state index < -0.39 is 11.4 Å². The molecule has 1 aliphatic rings. The molecular weight excluding hydrogens is 312 g/mol. The third kappa shape index (κ3) is 4.12. The zero-order valence-corrected chi connectivity index (χ0v) is 15.4. The first-order valence-corrected chi connectivity index (χ1v) is 8.98. The van der Waals surface area contributed by atoms with Crippen LogP contribution in [0.3, 0.4) is 0 Å². The van der Waals surface area contributed by atoms with Crippen molar-refractivity contribution in [2.45, 2.75) is 71.4 Å². The standard InChI is InChI=1S/C20H26N4O/c1-4-10-24-15(2)11-17(16(24)3)12-18(13-21)19(25)23-20(14-22)8-6-5-7-9-20/h11-12H,4-10H2,1-3H3,(H,23,25)/b18-12-. The molecule has 1 heterocycles. The van der Waals surface area contributed by atoms with Crippen LogP contribution in [0.1, 0.15) is 62.4 Å². The average molecular weight is 338 g/mol. The van der Waals surface area contributed by atoms with Crippen molar-refractivity contribution < 1.29 is 4.79 Å². The summed E-state index contributed by atoms with van der Waals surface area (Å²) in [5, 5.41) is 21.8. The van der Waals surface area contributed by atoms with Crippen LogP contribution in [0.5, 0.6) is 0 Å². The van der Waals surface area contributed by atoms with E-state index in [0.29, 0.717) is 12.8 Å². The van der Waals surface area contributed by atoms with Gasteiger partial charge in [-0.3, -0.25) is 4.79 Å². The topological polar surface area (TPSA) is 81.6 Å². The second kappa shape index (κ2) is 8.03. The number of nitrogens with zero attached hydrogens (tertiary/aromatic N) is 3. The number of aryl methyl sites for hydroxylation is 1. The third-order valence-corrected chi connectivity index (χ3v) is 5.00. The number of nitrogens with one attached hydrogen (secondary N) is 1.